The second kappa shape index (κ2) is 3.26. The van der Waals surface area contributed by atoms with Crippen LogP contribution < -0.4 is 0 Å². The quantitative estimate of drug-likeness (QED) is 0.697. The normalized spacial score (nSPS) is 16.3. The van der Waals surface area contributed by atoms with Gasteiger partial charge in [0.05, 0.1) is 11.2 Å². The molecule has 4 rings (SSSR count). The van der Waals surface area contributed by atoms with E-state index in [1.165, 1.54) is 0 Å². The van der Waals surface area contributed by atoms with E-state index in [2.05, 4.69) is 11.1 Å². The van der Waals surface area contributed by atoms with Gasteiger partial charge in [-0.2, -0.15) is 0 Å². The third-order valence-electron chi connectivity index (χ3n) is 3.37. The molecule has 0 radical (unpaired) electrons. The highest BCUT2D eigenvalue weighted by molar-refractivity contribution is 6.23. The van der Waals surface area contributed by atoms with E-state index in [-0.39, 0.29) is 5.78 Å². The minimum absolute atomic E-state index is 0.0644. The molecule has 18 heavy (non-hydrogen) atoms. The van der Waals surface area contributed by atoms with Gasteiger partial charge in [-0.15, -0.1) is 0 Å². The summed E-state index contributed by atoms with van der Waals surface area (Å²) in [4.78, 5) is 16.5. The number of carbonyl (C=O) groups is 1. The van der Waals surface area contributed by atoms with Gasteiger partial charge >= 0.3 is 0 Å². The fraction of sp³-hybridized carbons (Fsp3) is 0. The van der Waals surface area contributed by atoms with E-state index in [9.17, 15) is 4.79 Å². The largest absolute Gasteiger partial charge is 0.289 e. The number of hydrogen-bond acceptors (Lipinski definition) is 2. The summed E-state index contributed by atoms with van der Waals surface area (Å²) >= 11 is 0. The summed E-state index contributed by atoms with van der Waals surface area (Å²) in [5, 5.41) is 1.10. The fourth-order valence-electron chi connectivity index (χ4n) is 2.51. The summed E-state index contributed by atoms with van der Waals surface area (Å²) in [6.07, 6.45) is 7.29. The monoisotopic (exact) mass is 231 g/mol. The first-order valence-electron chi connectivity index (χ1n) is 5.88. The standard InChI is InChI=1S/C16H9NO/c18-15-7-3-5-12-13(15)9-11-8-10-4-1-2-6-14(10)17-16(11)12/h1-9H. The van der Waals surface area contributed by atoms with E-state index in [1.54, 1.807) is 12.2 Å². The first kappa shape index (κ1) is 9.54. The van der Waals surface area contributed by atoms with Crippen LogP contribution in [0.1, 0.15) is 11.3 Å². The average Bonchev–Trinajstić information content (AvgIpc) is 2.76. The van der Waals surface area contributed by atoms with Crippen molar-refractivity contribution in [3.8, 4) is 0 Å². The molecule has 0 N–H and O–H groups in total. The molecule has 2 aliphatic rings. The summed E-state index contributed by atoms with van der Waals surface area (Å²) < 4.78 is 0. The second-order valence-electron chi connectivity index (χ2n) is 4.48. The molecule has 0 unspecified atom stereocenters. The van der Waals surface area contributed by atoms with Crippen molar-refractivity contribution in [2.45, 2.75) is 0 Å². The van der Waals surface area contributed by atoms with Crippen molar-refractivity contribution in [3.05, 3.63) is 65.4 Å². The number of allylic oxidation sites excluding steroid dienone is 5. The summed E-state index contributed by atoms with van der Waals surface area (Å²) in [6, 6.07) is 10.1. The zero-order valence-electron chi connectivity index (χ0n) is 9.55. The van der Waals surface area contributed by atoms with Crippen LogP contribution in [0.5, 0.6) is 0 Å². The number of fused-ring (bicyclic) bond motifs is 4. The number of hydrogen-bond donors (Lipinski definition) is 0. The molecule has 0 atom stereocenters. The van der Waals surface area contributed by atoms with Crippen molar-refractivity contribution in [2.75, 3.05) is 0 Å². The second-order valence-corrected chi connectivity index (χ2v) is 4.48. The maximum atomic E-state index is 11.8. The number of pyridine rings is 1. The predicted molar refractivity (Wildman–Crippen MR) is 71.8 cm³/mol. The molecule has 2 heteroatoms. The molecule has 0 saturated carbocycles. The fourth-order valence-corrected chi connectivity index (χ4v) is 2.51. The zero-order chi connectivity index (χ0) is 12.1. The Morgan fingerprint density at radius 3 is 2.89 bits per heavy atom. The minimum Gasteiger partial charge on any atom is -0.289 e. The van der Waals surface area contributed by atoms with Crippen molar-refractivity contribution in [2.24, 2.45) is 0 Å². The Morgan fingerprint density at radius 2 is 1.94 bits per heavy atom. The van der Waals surface area contributed by atoms with Crippen molar-refractivity contribution in [3.63, 3.8) is 0 Å². The summed E-state index contributed by atoms with van der Waals surface area (Å²) in [7, 11) is 0. The van der Waals surface area contributed by atoms with E-state index in [1.807, 2.05) is 36.4 Å². The lowest BCUT2D eigenvalue weighted by molar-refractivity contribution is -0.110. The molecule has 0 aliphatic heterocycles. The number of aromatic nitrogens is 1. The molecule has 2 aromatic rings. The van der Waals surface area contributed by atoms with E-state index in [4.69, 9.17) is 0 Å². The van der Waals surface area contributed by atoms with Gasteiger partial charge in [-0.25, -0.2) is 4.98 Å². The summed E-state index contributed by atoms with van der Waals surface area (Å²) in [6.45, 7) is 0. The van der Waals surface area contributed by atoms with Crippen molar-refractivity contribution in [1.82, 2.24) is 4.98 Å². The smallest absolute Gasteiger partial charge is 0.186 e. The number of rotatable bonds is 0. The topological polar surface area (TPSA) is 30.0 Å². The SMILES string of the molecule is O=C1C=CC=C2C1=Cc1cc3ccccc3nc12. The molecule has 0 fully saturated rings. The van der Waals surface area contributed by atoms with Gasteiger partial charge in [-0.05, 0) is 24.3 Å². The highest BCUT2D eigenvalue weighted by Gasteiger charge is 2.25. The molecule has 1 heterocycles. The van der Waals surface area contributed by atoms with E-state index >= 15 is 0 Å². The van der Waals surface area contributed by atoms with Crippen LogP contribution in [0.4, 0.5) is 0 Å². The lowest BCUT2D eigenvalue weighted by Gasteiger charge is -2.07. The van der Waals surface area contributed by atoms with E-state index in [0.29, 0.717) is 0 Å². The lowest BCUT2D eigenvalue weighted by atomic mass is 9.99. The van der Waals surface area contributed by atoms with Crippen LogP contribution in [0.15, 0.2) is 54.1 Å². The minimum atomic E-state index is 0.0644. The van der Waals surface area contributed by atoms with Crippen LogP contribution in [0, 0.1) is 0 Å². The Hall–Kier alpha value is -2.48. The summed E-state index contributed by atoms with van der Waals surface area (Å²) in [5.74, 6) is 0.0644. The van der Waals surface area contributed by atoms with E-state index in [0.717, 1.165) is 33.3 Å². The zero-order valence-corrected chi connectivity index (χ0v) is 9.55. The van der Waals surface area contributed by atoms with Gasteiger partial charge in [0.2, 0.25) is 0 Å². The van der Waals surface area contributed by atoms with Crippen LogP contribution >= 0.6 is 0 Å². The Bertz CT molecular complexity index is 794. The van der Waals surface area contributed by atoms with Crippen LogP contribution in [0.25, 0.3) is 22.6 Å². The molecule has 84 valence electrons. The van der Waals surface area contributed by atoms with Crippen LogP contribution in [0.3, 0.4) is 0 Å². The van der Waals surface area contributed by atoms with Crippen LogP contribution in [-0.4, -0.2) is 10.8 Å². The number of ketones is 1. The third kappa shape index (κ3) is 1.17. The Kier molecular flexibility index (Phi) is 1.73. The first-order valence-corrected chi connectivity index (χ1v) is 5.88. The van der Waals surface area contributed by atoms with Crippen molar-refractivity contribution in [1.29, 1.82) is 0 Å². The average molecular weight is 231 g/mol. The van der Waals surface area contributed by atoms with Gasteiger partial charge < -0.3 is 0 Å². The third-order valence-corrected chi connectivity index (χ3v) is 3.37. The lowest BCUT2D eigenvalue weighted by Crippen LogP contribution is -2.01. The number of benzene rings is 1. The van der Waals surface area contributed by atoms with Gasteiger partial charge in [0.1, 0.15) is 0 Å². The molecule has 0 amide bonds. The van der Waals surface area contributed by atoms with Gasteiger partial charge in [-0.1, -0.05) is 30.4 Å². The molecule has 1 aromatic heterocycles. The van der Waals surface area contributed by atoms with Gasteiger partial charge in [0.15, 0.2) is 5.78 Å². The van der Waals surface area contributed by atoms with Gasteiger partial charge in [0, 0.05) is 22.1 Å². The predicted octanol–water partition coefficient (Wildman–Crippen LogP) is 3.15. The molecular weight excluding hydrogens is 222 g/mol. The Balaban J connectivity index is 2.05. The molecule has 0 bridgehead atoms. The van der Waals surface area contributed by atoms with Crippen molar-refractivity contribution < 1.29 is 4.79 Å². The summed E-state index contributed by atoms with van der Waals surface area (Å²) in [5.41, 5.74) is 4.63. The van der Waals surface area contributed by atoms with Crippen LogP contribution in [-0.2, 0) is 4.79 Å². The highest BCUT2D eigenvalue weighted by Crippen LogP contribution is 2.37. The van der Waals surface area contributed by atoms with Gasteiger partial charge in [0.25, 0.3) is 0 Å². The number of nitrogens with zero attached hydrogens (tertiary/aromatic N) is 1. The highest BCUT2D eigenvalue weighted by atomic mass is 16.1. The molecular formula is C16H9NO. The molecule has 2 nitrogen and oxygen atoms in total. The van der Waals surface area contributed by atoms with Crippen LogP contribution in [0.2, 0.25) is 0 Å². The molecule has 1 aromatic carbocycles. The Labute approximate surface area is 104 Å². The maximum Gasteiger partial charge on any atom is 0.186 e. The number of carbonyl (C=O) groups excluding carboxylic acids is 1. The van der Waals surface area contributed by atoms with Gasteiger partial charge in [-0.3, -0.25) is 4.79 Å². The van der Waals surface area contributed by atoms with E-state index < -0.39 is 0 Å². The first-order chi connectivity index (χ1) is 8.83. The Morgan fingerprint density at radius 1 is 1.06 bits per heavy atom. The molecule has 0 saturated heterocycles. The van der Waals surface area contributed by atoms with Crippen molar-refractivity contribution >= 4 is 28.3 Å². The molecule has 0 spiro atoms. The number of para-hydroxylation sites is 1. The maximum absolute atomic E-state index is 11.8. The molecule has 2 aliphatic carbocycles.